The molecule has 106 valence electrons. The van der Waals surface area contributed by atoms with Gasteiger partial charge >= 0.3 is 5.97 Å². The van der Waals surface area contributed by atoms with Crippen LogP contribution in [-0.2, 0) is 4.79 Å². The van der Waals surface area contributed by atoms with Gasteiger partial charge in [0.05, 0.1) is 27.8 Å². The second-order valence-corrected chi connectivity index (χ2v) is 5.01. The molecule has 5 heteroatoms. The van der Waals surface area contributed by atoms with Gasteiger partial charge in [0.2, 0.25) is 0 Å². The van der Waals surface area contributed by atoms with Gasteiger partial charge in [0.15, 0.2) is 5.75 Å². The molecule has 0 aliphatic carbocycles. The Morgan fingerprint density at radius 2 is 1.57 bits per heavy atom. The quantitative estimate of drug-likeness (QED) is 0.411. The number of carbonyl (C=O) groups excluding carboxylic acids is 1. The summed E-state index contributed by atoms with van der Waals surface area (Å²) in [6.07, 6.45) is 0. The summed E-state index contributed by atoms with van der Waals surface area (Å²) >= 11 is 0. The molecule has 0 atom stereocenters. The Bertz CT molecular complexity index is 843. The van der Waals surface area contributed by atoms with E-state index in [1.165, 1.54) is 6.92 Å². The molecular weight excluding hydrogens is 266 g/mol. The van der Waals surface area contributed by atoms with Crippen LogP contribution in [0.1, 0.15) is 6.92 Å². The van der Waals surface area contributed by atoms with E-state index in [4.69, 9.17) is 4.74 Å². The summed E-state index contributed by atoms with van der Waals surface area (Å²) in [5.41, 5.74) is 3.93. The maximum atomic E-state index is 11.3. The molecule has 3 rings (SSSR count). The van der Waals surface area contributed by atoms with Gasteiger partial charge in [-0.15, -0.1) is 0 Å². The van der Waals surface area contributed by atoms with Crippen molar-refractivity contribution in [2.45, 2.75) is 6.92 Å². The van der Waals surface area contributed by atoms with Crippen LogP contribution < -0.4 is 9.64 Å². The van der Waals surface area contributed by atoms with Gasteiger partial charge in [-0.25, -0.2) is 9.97 Å². The van der Waals surface area contributed by atoms with Gasteiger partial charge in [0.25, 0.3) is 0 Å². The molecule has 0 bridgehead atoms. The molecule has 0 radical (unpaired) electrons. The highest BCUT2D eigenvalue weighted by atomic mass is 16.5. The van der Waals surface area contributed by atoms with Gasteiger partial charge in [-0.05, 0) is 18.2 Å². The normalized spacial score (nSPS) is 10.8. The van der Waals surface area contributed by atoms with E-state index in [1.54, 1.807) is 6.07 Å². The lowest BCUT2D eigenvalue weighted by atomic mass is 10.2. The third kappa shape index (κ3) is 2.50. The number of ether oxygens (including phenoxy) is 1. The van der Waals surface area contributed by atoms with Crippen molar-refractivity contribution in [1.82, 2.24) is 9.97 Å². The number of nitrogens with zero attached hydrogens (tertiary/aromatic N) is 3. The number of anilines is 1. The average molecular weight is 281 g/mol. The summed E-state index contributed by atoms with van der Waals surface area (Å²) < 4.78 is 5.28. The van der Waals surface area contributed by atoms with Gasteiger partial charge in [-0.1, -0.05) is 12.1 Å². The monoisotopic (exact) mass is 281 g/mol. The van der Waals surface area contributed by atoms with Crippen LogP contribution in [0.15, 0.2) is 36.4 Å². The number of esters is 1. The zero-order chi connectivity index (χ0) is 15.0. The fourth-order valence-corrected chi connectivity index (χ4v) is 2.22. The topological polar surface area (TPSA) is 55.3 Å². The lowest BCUT2D eigenvalue weighted by molar-refractivity contribution is -0.131. The van der Waals surface area contributed by atoms with Crippen molar-refractivity contribution in [2.24, 2.45) is 0 Å². The predicted molar refractivity (Wildman–Crippen MR) is 82.7 cm³/mol. The minimum atomic E-state index is -0.355. The van der Waals surface area contributed by atoms with E-state index < -0.39 is 0 Å². The summed E-state index contributed by atoms with van der Waals surface area (Å²) in [5.74, 6) is 0.135. The lowest BCUT2D eigenvalue weighted by Gasteiger charge is -2.17. The van der Waals surface area contributed by atoms with E-state index in [0.717, 1.165) is 22.2 Å². The molecule has 0 saturated heterocycles. The van der Waals surface area contributed by atoms with Crippen LogP contribution in [0, 0.1) is 0 Å². The van der Waals surface area contributed by atoms with Crippen molar-refractivity contribution in [1.29, 1.82) is 0 Å². The SMILES string of the molecule is CC(=O)Oc1cc2nc3ccccc3nc2cc1N(C)C. The molecular formula is C16H15N3O2. The Labute approximate surface area is 122 Å². The van der Waals surface area contributed by atoms with E-state index in [0.29, 0.717) is 11.3 Å². The summed E-state index contributed by atoms with van der Waals surface area (Å²) in [5, 5.41) is 0. The Morgan fingerprint density at radius 3 is 2.10 bits per heavy atom. The van der Waals surface area contributed by atoms with Gasteiger partial charge in [0.1, 0.15) is 0 Å². The highest BCUT2D eigenvalue weighted by Crippen LogP contribution is 2.31. The van der Waals surface area contributed by atoms with Crippen LogP contribution in [0.5, 0.6) is 5.75 Å². The van der Waals surface area contributed by atoms with Crippen LogP contribution in [0.25, 0.3) is 22.1 Å². The van der Waals surface area contributed by atoms with Crippen LogP contribution in [0.2, 0.25) is 0 Å². The van der Waals surface area contributed by atoms with E-state index >= 15 is 0 Å². The molecule has 2 aromatic carbocycles. The Balaban J connectivity index is 2.28. The number of carbonyl (C=O) groups is 1. The first kappa shape index (κ1) is 13.3. The van der Waals surface area contributed by atoms with Crippen LogP contribution in [0.4, 0.5) is 5.69 Å². The van der Waals surface area contributed by atoms with Crippen molar-refractivity contribution >= 4 is 33.7 Å². The molecule has 0 spiro atoms. The smallest absolute Gasteiger partial charge is 0.308 e. The Hall–Kier alpha value is -2.69. The zero-order valence-corrected chi connectivity index (χ0v) is 12.1. The number of aromatic nitrogens is 2. The summed E-state index contributed by atoms with van der Waals surface area (Å²) in [6, 6.07) is 11.3. The first-order valence-corrected chi connectivity index (χ1v) is 6.61. The number of para-hydroxylation sites is 2. The number of benzene rings is 2. The highest BCUT2D eigenvalue weighted by molar-refractivity contribution is 5.90. The third-order valence-electron chi connectivity index (χ3n) is 3.16. The van der Waals surface area contributed by atoms with Crippen molar-refractivity contribution in [3.8, 4) is 5.75 Å². The first-order chi connectivity index (χ1) is 10.0. The van der Waals surface area contributed by atoms with Crippen molar-refractivity contribution in [3.05, 3.63) is 36.4 Å². The van der Waals surface area contributed by atoms with Crippen LogP contribution in [-0.4, -0.2) is 30.0 Å². The van der Waals surface area contributed by atoms with E-state index in [1.807, 2.05) is 49.3 Å². The lowest BCUT2D eigenvalue weighted by Crippen LogP contribution is -2.12. The molecule has 0 fully saturated rings. The molecule has 0 aliphatic rings. The van der Waals surface area contributed by atoms with E-state index in [-0.39, 0.29) is 5.97 Å². The van der Waals surface area contributed by atoms with E-state index in [9.17, 15) is 4.79 Å². The maximum absolute atomic E-state index is 11.3. The fraction of sp³-hybridized carbons (Fsp3) is 0.188. The van der Waals surface area contributed by atoms with Crippen LogP contribution >= 0.6 is 0 Å². The summed E-state index contributed by atoms with van der Waals surface area (Å²) in [6.45, 7) is 1.38. The number of hydrogen-bond donors (Lipinski definition) is 0. The second kappa shape index (κ2) is 5.01. The summed E-state index contributed by atoms with van der Waals surface area (Å²) in [4.78, 5) is 22.3. The molecule has 0 amide bonds. The largest absolute Gasteiger partial charge is 0.424 e. The molecule has 1 aromatic heterocycles. The Kier molecular flexibility index (Phi) is 3.17. The predicted octanol–water partition coefficient (Wildman–Crippen LogP) is 2.77. The van der Waals surface area contributed by atoms with Gasteiger partial charge in [-0.3, -0.25) is 4.79 Å². The van der Waals surface area contributed by atoms with Gasteiger partial charge in [0, 0.05) is 27.1 Å². The third-order valence-corrected chi connectivity index (χ3v) is 3.16. The summed E-state index contributed by atoms with van der Waals surface area (Å²) in [7, 11) is 3.78. The Morgan fingerprint density at radius 1 is 1.00 bits per heavy atom. The maximum Gasteiger partial charge on any atom is 0.308 e. The molecule has 0 N–H and O–H groups in total. The van der Waals surface area contributed by atoms with Gasteiger partial charge < -0.3 is 9.64 Å². The molecule has 1 heterocycles. The minimum absolute atomic E-state index is 0.355. The molecule has 21 heavy (non-hydrogen) atoms. The first-order valence-electron chi connectivity index (χ1n) is 6.61. The van der Waals surface area contributed by atoms with Crippen LogP contribution in [0.3, 0.4) is 0 Å². The standard InChI is InChI=1S/C16H15N3O2/c1-10(20)21-16-9-14-13(8-15(16)19(2)3)17-11-6-4-5-7-12(11)18-14/h4-9H,1-3H3. The number of rotatable bonds is 2. The minimum Gasteiger partial charge on any atom is -0.424 e. The van der Waals surface area contributed by atoms with Crippen molar-refractivity contribution in [2.75, 3.05) is 19.0 Å². The number of hydrogen-bond acceptors (Lipinski definition) is 5. The molecule has 0 aliphatic heterocycles. The zero-order valence-electron chi connectivity index (χ0n) is 12.1. The highest BCUT2D eigenvalue weighted by Gasteiger charge is 2.12. The van der Waals surface area contributed by atoms with Crippen molar-refractivity contribution in [3.63, 3.8) is 0 Å². The second-order valence-electron chi connectivity index (χ2n) is 5.01. The molecule has 3 aromatic rings. The average Bonchev–Trinajstić information content (AvgIpc) is 2.43. The molecule has 5 nitrogen and oxygen atoms in total. The van der Waals surface area contributed by atoms with E-state index in [2.05, 4.69) is 9.97 Å². The number of fused-ring (bicyclic) bond motifs is 2. The molecule has 0 saturated carbocycles. The van der Waals surface area contributed by atoms with Gasteiger partial charge in [-0.2, -0.15) is 0 Å². The molecule has 0 unspecified atom stereocenters. The van der Waals surface area contributed by atoms with Crippen molar-refractivity contribution < 1.29 is 9.53 Å². The fourth-order valence-electron chi connectivity index (χ4n) is 2.22.